The Morgan fingerprint density at radius 3 is 1.32 bits per heavy atom. The minimum atomic E-state index is -0.544. The lowest BCUT2D eigenvalue weighted by atomic mass is 10.1. The third-order valence-electron chi connectivity index (χ3n) is 10.3. The summed E-state index contributed by atoms with van der Waals surface area (Å²) in [6.07, 6.45) is 56.9. The van der Waals surface area contributed by atoms with Gasteiger partial charge in [-0.05, 0) is 77.0 Å². The Kier molecular flexibility index (Phi) is 45.4. The molecule has 5 heteroatoms. The van der Waals surface area contributed by atoms with Crippen LogP contribution >= 0.6 is 0 Å². The SMILES string of the molecule is CC/C=C\C/C=C\C/C=C\CCCCCC(=O)OCC(COCCCCCCCCCC/C=C\CCCCCCCC)OC(=O)CCCCCCCCCCC. The van der Waals surface area contributed by atoms with Crippen LogP contribution in [-0.4, -0.2) is 37.9 Å². The number of carbonyl (C=O) groups is 2. The van der Waals surface area contributed by atoms with Crippen molar-refractivity contribution in [1.82, 2.24) is 0 Å². The molecule has 326 valence electrons. The summed E-state index contributed by atoms with van der Waals surface area (Å²) in [5.74, 6) is -0.429. The number of unbranched alkanes of at least 4 members (excludes halogenated alkanes) is 25. The molecule has 0 spiro atoms. The zero-order valence-corrected chi connectivity index (χ0v) is 37.4. The van der Waals surface area contributed by atoms with Crippen LogP contribution in [0.5, 0.6) is 0 Å². The summed E-state index contributed by atoms with van der Waals surface area (Å²) in [5.41, 5.74) is 0. The normalized spacial score (nSPS) is 12.6. The fraction of sp³-hybridized carbons (Fsp3) is 0.804. The van der Waals surface area contributed by atoms with Gasteiger partial charge in [0.1, 0.15) is 6.61 Å². The summed E-state index contributed by atoms with van der Waals surface area (Å²) in [6, 6.07) is 0. The van der Waals surface area contributed by atoms with Crippen LogP contribution < -0.4 is 0 Å². The molecule has 0 aromatic rings. The van der Waals surface area contributed by atoms with Gasteiger partial charge in [0.15, 0.2) is 6.10 Å². The van der Waals surface area contributed by atoms with E-state index in [1.54, 1.807) is 0 Å². The van der Waals surface area contributed by atoms with Gasteiger partial charge in [-0.25, -0.2) is 0 Å². The summed E-state index contributed by atoms with van der Waals surface area (Å²) in [4.78, 5) is 25.2. The predicted octanol–water partition coefficient (Wildman–Crippen LogP) is 16.0. The Labute approximate surface area is 348 Å². The molecule has 0 rings (SSSR count). The van der Waals surface area contributed by atoms with Crippen molar-refractivity contribution in [2.75, 3.05) is 19.8 Å². The van der Waals surface area contributed by atoms with Gasteiger partial charge in [-0.2, -0.15) is 0 Å². The first-order valence-electron chi connectivity index (χ1n) is 24.2. The third-order valence-corrected chi connectivity index (χ3v) is 10.3. The van der Waals surface area contributed by atoms with Crippen molar-refractivity contribution in [1.29, 1.82) is 0 Å². The number of hydrogen-bond donors (Lipinski definition) is 0. The molecule has 56 heavy (non-hydrogen) atoms. The van der Waals surface area contributed by atoms with Crippen molar-refractivity contribution in [2.24, 2.45) is 0 Å². The predicted molar refractivity (Wildman–Crippen MR) is 242 cm³/mol. The van der Waals surface area contributed by atoms with Gasteiger partial charge in [-0.3, -0.25) is 9.59 Å². The summed E-state index contributed by atoms with van der Waals surface area (Å²) in [7, 11) is 0. The monoisotopic (exact) mass is 785 g/mol. The van der Waals surface area contributed by atoms with Gasteiger partial charge in [-0.1, -0.05) is 198 Å². The molecule has 0 N–H and O–H groups in total. The van der Waals surface area contributed by atoms with E-state index < -0.39 is 6.10 Å². The van der Waals surface area contributed by atoms with Gasteiger partial charge in [0, 0.05) is 19.4 Å². The topological polar surface area (TPSA) is 61.8 Å². The maximum atomic E-state index is 12.7. The van der Waals surface area contributed by atoms with Crippen LogP contribution in [0.1, 0.15) is 239 Å². The molecule has 0 fully saturated rings. The van der Waals surface area contributed by atoms with Crippen LogP contribution in [0.2, 0.25) is 0 Å². The second-order valence-electron chi connectivity index (χ2n) is 16.0. The molecule has 0 bridgehead atoms. The zero-order chi connectivity index (χ0) is 40.7. The minimum Gasteiger partial charge on any atom is -0.462 e. The number of ether oxygens (including phenoxy) is 3. The van der Waals surface area contributed by atoms with Gasteiger partial charge >= 0.3 is 11.9 Å². The van der Waals surface area contributed by atoms with E-state index in [9.17, 15) is 9.59 Å². The lowest BCUT2D eigenvalue weighted by Gasteiger charge is -2.18. The van der Waals surface area contributed by atoms with Gasteiger partial charge < -0.3 is 14.2 Å². The van der Waals surface area contributed by atoms with E-state index in [1.165, 1.54) is 135 Å². The van der Waals surface area contributed by atoms with Crippen molar-refractivity contribution >= 4 is 11.9 Å². The summed E-state index contributed by atoms with van der Waals surface area (Å²) in [5, 5.41) is 0. The minimum absolute atomic E-state index is 0.0712. The van der Waals surface area contributed by atoms with Crippen molar-refractivity contribution in [3.8, 4) is 0 Å². The average Bonchev–Trinajstić information content (AvgIpc) is 3.20. The maximum absolute atomic E-state index is 12.7. The smallest absolute Gasteiger partial charge is 0.306 e. The van der Waals surface area contributed by atoms with Gasteiger partial charge in [0.25, 0.3) is 0 Å². The fourth-order valence-electron chi connectivity index (χ4n) is 6.75. The molecule has 0 radical (unpaired) electrons. The summed E-state index contributed by atoms with van der Waals surface area (Å²) in [6.45, 7) is 7.67. The number of rotatable bonds is 44. The number of allylic oxidation sites excluding steroid dienone is 8. The van der Waals surface area contributed by atoms with Crippen molar-refractivity contribution < 1.29 is 23.8 Å². The van der Waals surface area contributed by atoms with Crippen LogP contribution in [0.25, 0.3) is 0 Å². The lowest BCUT2D eigenvalue weighted by Crippen LogP contribution is -2.30. The molecule has 0 amide bonds. The van der Waals surface area contributed by atoms with E-state index in [0.717, 1.165) is 70.6 Å². The van der Waals surface area contributed by atoms with E-state index >= 15 is 0 Å². The molecule has 0 heterocycles. The van der Waals surface area contributed by atoms with Crippen molar-refractivity contribution in [2.45, 2.75) is 245 Å². The standard InChI is InChI=1S/C51H92O5/c1-4-7-10-13-16-19-21-23-24-25-26-27-29-31-34-37-40-43-46-54-47-49(56-51(53)45-42-39-36-32-18-15-12-9-6-3)48-55-50(52)44-41-38-35-33-30-28-22-20-17-14-11-8-5-2/h8,11,17,20,23-24,28,30,49H,4-7,9-10,12-16,18-19,21-22,25-27,29,31-48H2,1-3H3/b11-8-,20-17-,24-23-,30-28-. The molecule has 0 aliphatic heterocycles. The first-order valence-corrected chi connectivity index (χ1v) is 24.2. The molecule has 1 unspecified atom stereocenters. The van der Waals surface area contributed by atoms with Crippen molar-refractivity contribution in [3.05, 3.63) is 48.6 Å². The number of hydrogen-bond acceptors (Lipinski definition) is 5. The highest BCUT2D eigenvalue weighted by atomic mass is 16.6. The Morgan fingerprint density at radius 2 is 0.804 bits per heavy atom. The van der Waals surface area contributed by atoms with Gasteiger partial charge in [-0.15, -0.1) is 0 Å². The van der Waals surface area contributed by atoms with E-state index in [4.69, 9.17) is 14.2 Å². The zero-order valence-electron chi connectivity index (χ0n) is 37.4. The second-order valence-corrected chi connectivity index (χ2v) is 16.0. The molecule has 0 saturated heterocycles. The van der Waals surface area contributed by atoms with Crippen LogP contribution in [0.15, 0.2) is 48.6 Å². The molecule has 0 aliphatic carbocycles. The van der Waals surface area contributed by atoms with Crippen molar-refractivity contribution in [3.63, 3.8) is 0 Å². The molecular formula is C51H92O5. The largest absolute Gasteiger partial charge is 0.462 e. The van der Waals surface area contributed by atoms with E-state index in [1.807, 2.05) is 0 Å². The highest BCUT2D eigenvalue weighted by Crippen LogP contribution is 2.14. The Balaban J connectivity index is 4.21. The van der Waals surface area contributed by atoms with Crippen LogP contribution in [0.3, 0.4) is 0 Å². The number of esters is 2. The quantitative estimate of drug-likeness (QED) is 0.0350. The van der Waals surface area contributed by atoms with Crippen LogP contribution in [0.4, 0.5) is 0 Å². The molecule has 0 aromatic heterocycles. The number of carbonyl (C=O) groups excluding carboxylic acids is 2. The lowest BCUT2D eigenvalue weighted by molar-refractivity contribution is -0.163. The average molecular weight is 785 g/mol. The summed E-state index contributed by atoms with van der Waals surface area (Å²) < 4.78 is 17.3. The second kappa shape index (κ2) is 47.2. The Morgan fingerprint density at radius 1 is 0.411 bits per heavy atom. The first-order chi connectivity index (χ1) is 27.6. The molecule has 5 nitrogen and oxygen atoms in total. The Hall–Kier alpha value is -2.14. The van der Waals surface area contributed by atoms with E-state index in [2.05, 4.69) is 69.4 Å². The highest BCUT2D eigenvalue weighted by molar-refractivity contribution is 5.70. The van der Waals surface area contributed by atoms with Crippen LogP contribution in [0, 0.1) is 0 Å². The van der Waals surface area contributed by atoms with Gasteiger partial charge in [0.05, 0.1) is 6.61 Å². The molecule has 0 aliphatic rings. The van der Waals surface area contributed by atoms with Gasteiger partial charge in [0.2, 0.25) is 0 Å². The molecule has 0 aromatic carbocycles. The molecular weight excluding hydrogens is 693 g/mol. The molecule has 0 saturated carbocycles. The molecule has 1 atom stereocenters. The maximum Gasteiger partial charge on any atom is 0.306 e. The van der Waals surface area contributed by atoms with E-state index in [-0.39, 0.29) is 25.2 Å². The van der Waals surface area contributed by atoms with Crippen LogP contribution in [-0.2, 0) is 23.8 Å². The Bertz CT molecular complexity index is 935. The third kappa shape index (κ3) is 44.6. The first kappa shape index (κ1) is 53.9. The van der Waals surface area contributed by atoms with E-state index in [0.29, 0.717) is 19.4 Å². The summed E-state index contributed by atoms with van der Waals surface area (Å²) >= 11 is 0. The fourth-order valence-corrected chi connectivity index (χ4v) is 6.75. The highest BCUT2D eigenvalue weighted by Gasteiger charge is 2.17.